The van der Waals surface area contributed by atoms with Gasteiger partial charge in [-0.05, 0) is 63.1 Å². The monoisotopic (exact) mass is 471 g/mol. The number of aryl methyl sites for hydroxylation is 2. The largest absolute Gasteiger partial charge is 0.508 e. The molecule has 174 valence electrons. The van der Waals surface area contributed by atoms with Gasteiger partial charge in [-0.2, -0.15) is 0 Å². The summed E-state index contributed by atoms with van der Waals surface area (Å²) in [6.45, 7) is 5.32. The third kappa shape index (κ3) is 4.85. The highest BCUT2D eigenvalue weighted by atomic mass is 32.2. The van der Waals surface area contributed by atoms with Crippen molar-refractivity contribution in [3.63, 3.8) is 0 Å². The topological polar surface area (TPSA) is 146 Å². The molecule has 11 heteroatoms. The lowest BCUT2D eigenvalue weighted by molar-refractivity contribution is -0.117. The number of carbonyl (C=O) groups is 1. The van der Waals surface area contributed by atoms with Crippen LogP contribution in [0.3, 0.4) is 0 Å². The average Bonchev–Trinajstić information content (AvgIpc) is 3.37. The Balaban J connectivity index is 1.39. The first-order valence-corrected chi connectivity index (χ1v) is 11.8. The molecule has 0 aliphatic carbocycles. The summed E-state index contributed by atoms with van der Waals surface area (Å²) in [4.78, 5) is 12.7. The normalized spacial score (nSPS) is 18.3. The van der Waals surface area contributed by atoms with Gasteiger partial charge in [0.05, 0.1) is 16.6 Å². The predicted molar refractivity (Wildman–Crippen MR) is 122 cm³/mol. The molecule has 0 bridgehead atoms. The Morgan fingerprint density at radius 1 is 1.12 bits per heavy atom. The number of hydrogen-bond acceptors (Lipinski definition) is 8. The Hall–Kier alpha value is -3.41. The number of benzene rings is 2. The van der Waals surface area contributed by atoms with Crippen LogP contribution in [0.1, 0.15) is 34.8 Å². The Bertz CT molecular complexity index is 1290. The van der Waals surface area contributed by atoms with Crippen molar-refractivity contribution in [2.24, 2.45) is 0 Å². The first-order chi connectivity index (χ1) is 15.6. The number of anilines is 2. The third-order valence-corrected chi connectivity index (χ3v) is 6.94. The van der Waals surface area contributed by atoms with Gasteiger partial charge in [-0.15, -0.1) is 0 Å². The highest BCUT2D eigenvalue weighted by molar-refractivity contribution is 7.92. The molecule has 4 rings (SSSR count). The van der Waals surface area contributed by atoms with E-state index in [4.69, 9.17) is 4.52 Å². The van der Waals surface area contributed by atoms with Crippen LogP contribution in [0.2, 0.25) is 0 Å². The summed E-state index contributed by atoms with van der Waals surface area (Å²) in [6.07, 6.45) is 0.439. The molecule has 1 amide bonds. The second-order valence-corrected chi connectivity index (χ2v) is 9.72. The fraction of sp³-hybridized carbons (Fsp3) is 0.273. The quantitative estimate of drug-likeness (QED) is 0.369. The number of sulfonamides is 1. The Labute approximate surface area is 191 Å². The van der Waals surface area contributed by atoms with Crippen molar-refractivity contribution in [2.75, 3.05) is 10.0 Å². The van der Waals surface area contributed by atoms with Crippen molar-refractivity contribution in [1.29, 1.82) is 0 Å². The molecule has 1 fully saturated rings. The molecule has 2 heterocycles. The zero-order valence-corrected chi connectivity index (χ0v) is 19.2. The summed E-state index contributed by atoms with van der Waals surface area (Å²) in [5.41, 5.74) is 9.30. The van der Waals surface area contributed by atoms with Crippen LogP contribution >= 0.6 is 0 Å². The molecule has 3 aromatic rings. The number of phenols is 1. The first kappa shape index (κ1) is 22.8. The van der Waals surface area contributed by atoms with Crippen LogP contribution in [-0.4, -0.2) is 30.6 Å². The van der Waals surface area contributed by atoms with Gasteiger partial charge in [0.2, 0.25) is 11.8 Å². The number of hydrogen-bond donors (Lipinski definition) is 5. The van der Waals surface area contributed by atoms with E-state index in [0.717, 1.165) is 5.56 Å². The molecule has 33 heavy (non-hydrogen) atoms. The van der Waals surface area contributed by atoms with E-state index in [0.29, 0.717) is 28.9 Å². The first-order valence-electron chi connectivity index (χ1n) is 10.3. The van der Waals surface area contributed by atoms with Gasteiger partial charge in [0.15, 0.2) is 0 Å². The number of aromatic hydroxyl groups is 1. The fourth-order valence-corrected chi connectivity index (χ4v) is 4.57. The summed E-state index contributed by atoms with van der Waals surface area (Å²) in [5.74, 6) is -0.0339. The summed E-state index contributed by atoms with van der Waals surface area (Å²) < 4.78 is 32.6. The molecule has 0 spiro atoms. The predicted octanol–water partition coefficient (Wildman–Crippen LogP) is 2.65. The number of hydrazine groups is 1. The van der Waals surface area contributed by atoms with E-state index in [-0.39, 0.29) is 28.5 Å². The van der Waals surface area contributed by atoms with Crippen LogP contribution in [0.15, 0.2) is 51.9 Å². The number of phenolic OH excluding ortho intramolecular Hbond substituents is 1. The van der Waals surface area contributed by atoms with Crippen LogP contribution in [0, 0.1) is 20.8 Å². The van der Waals surface area contributed by atoms with Crippen LogP contribution in [0.25, 0.3) is 0 Å². The van der Waals surface area contributed by atoms with E-state index >= 15 is 0 Å². The maximum atomic E-state index is 12.7. The molecular formula is C22H25N5O5S. The Kier molecular flexibility index (Phi) is 6.11. The standard InChI is InChI=1S/C22H25N5O5S/c1-12-4-9-17(20(28)10-12)18-11-19(25-24-18)21(29)23-15-5-7-16(8-6-15)33(30,31)27-22-13(2)14(3)26-32-22/h4-10,18-19,24-25,27-28H,11H2,1-3H3,(H,23,29). The molecule has 2 atom stereocenters. The zero-order valence-electron chi connectivity index (χ0n) is 18.3. The maximum Gasteiger partial charge on any atom is 0.264 e. The van der Waals surface area contributed by atoms with E-state index in [1.54, 1.807) is 19.9 Å². The number of nitrogens with zero attached hydrogens (tertiary/aromatic N) is 1. The van der Waals surface area contributed by atoms with E-state index in [2.05, 4.69) is 26.0 Å². The molecule has 2 aromatic carbocycles. The minimum atomic E-state index is -3.87. The van der Waals surface area contributed by atoms with Crippen LogP contribution in [0.5, 0.6) is 5.75 Å². The van der Waals surface area contributed by atoms with Crippen molar-refractivity contribution in [2.45, 2.75) is 44.2 Å². The molecule has 1 aromatic heterocycles. The molecule has 1 aliphatic rings. The molecule has 0 saturated carbocycles. The summed E-state index contributed by atoms with van der Waals surface area (Å²) in [6, 6.07) is 10.5. The number of aromatic nitrogens is 1. The second-order valence-electron chi connectivity index (χ2n) is 8.03. The minimum absolute atomic E-state index is 0.0181. The van der Waals surface area contributed by atoms with E-state index in [1.807, 2.05) is 19.1 Å². The van der Waals surface area contributed by atoms with Gasteiger partial charge < -0.3 is 14.9 Å². The lowest BCUT2D eigenvalue weighted by Gasteiger charge is -2.13. The SMILES string of the molecule is Cc1ccc(C2CC(C(=O)Nc3ccc(S(=O)(=O)Nc4onc(C)c4C)cc3)NN2)c(O)c1. The minimum Gasteiger partial charge on any atom is -0.508 e. The Morgan fingerprint density at radius 2 is 1.85 bits per heavy atom. The molecule has 0 radical (unpaired) electrons. The molecular weight excluding hydrogens is 446 g/mol. The summed E-state index contributed by atoms with van der Waals surface area (Å²) in [5, 5.41) is 16.7. The fourth-order valence-electron chi connectivity index (χ4n) is 3.52. The average molecular weight is 472 g/mol. The highest BCUT2D eigenvalue weighted by Gasteiger charge is 2.31. The maximum absolute atomic E-state index is 12.7. The zero-order chi connectivity index (χ0) is 23.8. The van der Waals surface area contributed by atoms with Crippen molar-refractivity contribution < 1.29 is 22.8 Å². The Morgan fingerprint density at radius 3 is 2.48 bits per heavy atom. The molecule has 2 unspecified atom stereocenters. The second kappa shape index (κ2) is 8.85. The van der Waals surface area contributed by atoms with Crippen LogP contribution < -0.4 is 20.9 Å². The van der Waals surface area contributed by atoms with Crippen LogP contribution in [-0.2, 0) is 14.8 Å². The third-order valence-electron chi connectivity index (χ3n) is 5.60. The lowest BCUT2D eigenvalue weighted by atomic mass is 9.99. The van der Waals surface area contributed by atoms with Gasteiger partial charge in [0.25, 0.3) is 10.0 Å². The van der Waals surface area contributed by atoms with Gasteiger partial charge in [-0.25, -0.2) is 24.0 Å². The van der Waals surface area contributed by atoms with Gasteiger partial charge >= 0.3 is 0 Å². The number of amides is 1. The van der Waals surface area contributed by atoms with E-state index < -0.39 is 16.1 Å². The van der Waals surface area contributed by atoms with Crippen molar-refractivity contribution in [1.82, 2.24) is 16.0 Å². The molecule has 1 saturated heterocycles. The summed E-state index contributed by atoms with van der Waals surface area (Å²) in [7, 11) is -3.87. The molecule has 5 N–H and O–H groups in total. The number of nitrogens with one attached hydrogen (secondary N) is 4. The van der Waals surface area contributed by atoms with E-state index in [9.17, 15) is 18.3 Å². The lowest BCUT2D eigenvalue weighted by Crippen LogP contribution is -2.39. The van der Waals surface area contributed by atoms with Gasteiger partial charge in [0.1, 0.15) is 11.8 Å². The highest BCUT2D eigenvalue weighted by Crippen LogP contribution is 2.30. The van der Waals surface area contributed by atoms with Gasteiger partial charge in [0, 0.05) is 16.8 Å². The van der Waals surface area contributed by atoms with Gasteiger partial charge in [-0.1, -0.05) is 17.3 Å². The van der Waals surface area contributed by atoms with E-state index in [1.165, 1.54) is 24.3 Å². The van der Waals surface area contributed by atoms with Crippen molar-refractivity contribution in [3.05, 3.63) is 64.8 Å². The molecule has 1 aliphatic heterocycles. The molecule has 10 nitrogen and oxygen atoms in total. The van der Waals surface area contributed by atoms with Gasteiger partial charge in [-0.3, -0.25) is 4.79 Å². The number of rotatable bonds is 6. The summed E-state index contributed by atoms with van der Waals surface area (Å²) >= 11 is 0. The van der Waals surface area contributed by atoms with Crippen molar-refractivity contribution >= 4 is 27.5 Å². The smallest absolute Gasteiger partial charge is 0.264 e. The number of carbonyl (C=O) groups excluding carboxylic acids is 1. The van der Waals surface area contributed by atoms with Crippen LogP contribution in [0.4, 0.5) is 11.6 Å². The van der Waals surface area contributed by atoms with Crippen molar-refractivity contribution in [3.8, 4) is 5.75 Å².